The zero-order chi connectivity index (χ0) is 16.4. The predicted molar refractivity (Wildman–Crippen MR) is 89.3 cm³/mol. The highest BCUT2D eigenvalue weighted by Crippen LogP contribution is 2.37. The molecule has 24 heavy (non-hydrogen) atoms. The van der Waals surface area contributed by atoms with Crippen molar-refractivity contribution in [3.05, 3.63) is 57.5 Å². The van der Waals surface area contributed by atoms with E-state index in [2.05, 4.69) is 5.32 Å². The number of hydrogen-bond acceptors (Lipinski definition) is 3. The Morgan fingerprint density at radius 3 is 2.42 bits per heavy atom. The number of thiophene rings is 1. The molecule has 2 aromatic rings. The van der Waals surface area contributed by atoms with Crippen LogP contribution in [0, 0.1) is 5.82 Å². The van der Waals surface area contributed by atoms with Gasteiger partial charge in [-0.15, -0.1) is 12.4 Å². The van der Waals surface area contributed by atoms with Gasteiger partial charge < -0.3 is 5.32 Å². The molecule has 132 valence electrons. The summed E-state index contributed by atoms with van der Waals surface area (Å²) in [5.74, 6) is -1.17. The highest BCUT2D eigenvalue weighted by atomic mass is 35.5. The number of benzene rings is 1. The van der Waals surface area contributed by atoms with Crippen molar-refractivity contribution in [1.29, 1.82) is 0 Å². The molecule has 1 saturated heterocycles. The van der Waals surface area contributed by atoms with Gasteiger partial charge in [-0.2, -0.15) is 24.5 Å². The molecule has 2 heterocycles. The van der Waals surface area contributed by atoms with Crippen LogP contribution in [0.2, 0.25) is 0 Å². The van der Waals surface area contributed by atoms with Gasteiger partial charge >= 0.3 is 6.18 Å². The number of alkyl halides is 3. The van der Waals surface area contributed by atoms with E-state index in [1.807, 2.05) is 21.7 Å². The van der Waals surface area contributed by atoms with E-state index >= 15 is 0 Å². The number of nitrogens with one attached hydrogen (secondary N) is 1. The summed E-state index contributed by atoms with van der Waals surface area (Å²) in [6, 6.07) is 4.88. The van der Waals surface area contributed by atoms with Gasteiger partial charge in [0.05, 0.1) is 11.6 Å². The van der Waals surface area contributed by atoms with E-state index in [0.29, 0.717) is 13.1 Å². The highest BCUT2D eigenvalue weighted by Gasteiger charge is 2.37. The van der Waals surface area contributed by atoms with Crippen LogP contribution < -0.4 is 5.32 Å². The quantitative estimate of drug-likeness (QED) is 0.798. The Balaban J connectivity index is 0.00000208. The van der Waals surface area contributed by atoms with E-state index in [4.69, 9.17) is 0 Å². The Morgan fingerprint density at radius 1 is 1.12 bits per heavy atom. The normalized spacial score (nSPS) is 17.3. The van der Waals surface area contributed by atoms with E-state index in [0.717, 1.165) is 24.7 Å². The fraction of sp³-hybridized carbons (Fsp3) is 0.375. The summed E-state index contributed by atoms with van der Waals surface area (Å²) in [4.78, 5) is 2.02. The van der Waals surface area contributed by atoms with Crippen LogP contribution in [0.4, 0.5) is 17.6 Å². The van der Waals surface area contributed by atoms with Gasteiger partial charge in [0, 0.05) is 31.7 Å². The minimum Gasteiger partial charge on any atom is -0.314 e. The molecule has 0 amide bonds. The molecule has 1 aliphatic heterocycles. The zero-order valence-corrected chi connectivity index (χ0v) is 14.3. The lowest BCUT2D eigenvalue weighted by Crippen LogP contribution is -2.45. The number of piperazine rings is 1. The molecule has 1 aromatic heterocycles. The fourth-order valence-corrected chi connectivity index (χ4v) is 3.62. The van der Waals surface area contributed by atoms with Crippen molar-refractivity contribution in [1.82, 2.24) is 10.2 Å². The lowest BCUT2D eigenvalue weighted by molar-refractivity contribution is -0.140. The second-order valence-corrected chi connectivity index (χ2v) is 6.23. The molecule has 0 radical (unpaired) electrons. The molecule has 0 unspecified atom stereocenters. The van der Waals surface area contributed by atoms with Crippen molar-refractivity contribution in [2.24, 2.45) is 0 Å². The topological polar surface area (TPSA) is 15.3 Å². The molecule has 3 rings (SSSR count). The van der Waals surface area contributed by atoms with E-state index in [-0.39, 0.29) is 18.0 Å². The first-order chi connectivity index (χ1) is 11.0. The second-order valence-electron chi connectivity index (χ2n) is 5.45. The van der Waals surface area contributed by atoms with E-state index in [1.54, 1.807) is 0 Å². The van der Waals surface area contributed by atoms with Crippen molar-refractivity contribution in [3.63, 3.8) is 0 Å². The third-order valence-electron chi connectivity index (χ3n) is 4.00. The summed E-state index contributed by atoms with van der Waals surface area (Å²) in [6.07, 6.45) is -4.69. The van der Waals surface area contributed by atoms with Crippen LogP contribution >= 0.6 is 23.7 Å². The van der Waals surface area contributed by atoms with Gasteiger partial charge in [0.25, 0.3) is 0 Å². The van der Waals surface area contributed by atoms with Crippen LogP contribution in [-0.4, -0.2) is 31.1 Å². The standard InChI is InChI=1S/C16H16F4N2S.ClH/c17-14-12(2-1-3-13(14)16(18,19)20)15(11-4-9-23-10-11)22-7-5-21-6-8-22;/h1-4,9-10,15,21H,5-8H2;1H/t15-;/m1./s1. The maximum absolute atomic E-state index is 14.6. The first-order valence-electron chi connectivity index (χ1n) is 7.31. The Kier molecular flexibility index (Phi) is 6.25. The highest BCUT2D eigenvalue weighted by molar-refractivity contribution is 7.08. The summed E-state index contributed by atoms with van der Waals surface area (Å²) in [5.41, 5.74) is -0.291. The van der Waals surface area contributed by atoms with Gasteiger partial charge in [-0.1, -0.05) is 12.1 Å². The number of rotatable bonds is 3. The summed E-state index contributed by atoms with van der Waals surface area (Å²) >= 11 is 1.46. The van der Waals surface area contributed by atoms with Crippen LogP contribution in [0.3, 0.4) is 0 Å². The third-order valence-corrected chi connectivity index (χ3v) is 4.71. The van der Waals surface area contributed by atoms with E-state index < -0.39 is 23.6 Å². The van der Waals surface area contributed by atoms with Crippen molar-refractivity contribution in [2.45, 2.75) is 12.2 Å². The summed E-state index contributed by atoms with van der Waals surface area (Å²) in [6.45, 7) is 2.80. The van der Waals surface area contributed by atoms with Crippen molar-refractivity contribution >= 4 is 23.7 Å². The van der Waals surface area contributed by atoms with Gasteiger partial charge in [-0.3, -0.25) is 4.90 Å². The molecule has 1 aliphatic rings. The first kappa shape index (κ1) is 19.2. The molecule has 1 atom stereocenters. The average Bonchev–Trinajstić information content (AvgIpc) is 3.03. The lowest BCUT2D eigenvalue weighted by atomic mass is 9.96. The Labute approximate surface area is 147 Å². The molecule has 0 spiro atoms. The van der Waals surface area contributed by atoms with Crippen molar-refractivity contribution in [2.75, 3.05) is 26.2 Å². The molecule has 0 saturated carbocycles. The first-order valence-corrected chi connectivity index (χ1v) is 8.25. The number of halogens is 5. The van der Waals surface area contributed by atoms with E-state index in [9.17, 15) is 17.6 Å². The molecule has 0 aliphatic carbocycles. The Hall–Kier alpha value is -1.15. The molecule has 1 aromatic carbocycles. The summed E-state index contributed by atoms with van der Waals surface area (Å²) in [7, 11) is 0. The van der Waals surface area contributed by atoms with Gasteiger partial charge in [-0.25, -0.2) is 4.39 Å². The maximum atomic E-state index is 14.6. The fourth-order valence-electron chi connectivity index (χ4n) is 2.94. The van der Waals surface area contributed by atoms with Gasteiger partial charge in [0.15, 0.2) is 0 Å². The minimum absolute atomic E-state index is 0. The number of nitrogens with zero attached hydrogens (tertiary/aromatic N) is 1. The van der Waals surface area contributed by atoms with Crippen LogP contribution in [0.25, 0.3) is 0 Å². The second kappa shape index (κ2) is 7.82. The number of hydrogen-bond donors (Lipinski definition) is 1. The Bertz CT molecular complexity index is 655. The summed E-state index contributed by atoms with van der Waals surface area (Å²) in [5, 5.41) is 6.93. The predicted octanol–water partition coefficient (Wildman–Crippen LogP) is 4.32. The molecular formula is C16H17ClF4N2S. The molecule has 0 bridgehead atoms. The largest absolute Gasteiger partial charge is 0.419 e. The SMILES string of the molecule is Cl.Fc1c([C@@H](c2ccsc2)N2CCNCC2)cccc1C(F)(F)F. The minimum atomic E-state index is -4.69. The van der Waals surface area contributed by atoms with Crippen LogP contribution in [0.1, 0.15) is 22.7 Å². The molecule has 8 heteroatoms. The molecule has 2 nitrogen and oxygen atoms in total. The third kappa shape index (κ3) is 3.91. The lowest BCUT2D eigenvalue weighted by Gasteiger charge is -2.35. The van der Waals surface area contributed by atoms with Gasteiger partial charge in [-0.05, 0) is 28.5 Å². The molecule has 1 N–H and O–H groups in total. The average molecular weight is 381 g/mol. The van der Waals surface area contributed by atoms with Gasteiger partial charge in [0.1, 0.15) is 5.82 Å². The molecule has 1 fully saturated rings. The maximum Gasteiger partial charge on any atom is 0.419 e. The van der Waals surface area contributed by atoms with E-state index in [1.165, 1.54) is 23.5 Å². The van der Waals surface area contributed by atoms with Crippen LogP contribution in [0.15, 0.2) is 35.0 Å². The summed E-state index contributed by atoms with van der Waals surface area (Å²) < 4.78 is 53.7. The van der Waals surface area contributed by atoms with Crippen LogP contribution in [0.5, 0.6) is 0 Å². The van der Waals surface area contributed by atoms with Crippen LogP contribution in [-0.2, 0) is 6.18 Å². The molecular weight excluding hydrogens is 364 g/mol. The monoisotopic (exact) mass is 380 g/mol. The smallest absolute Gasteiger partial charge is 0.314 e. The zero-order valence-electron chi connectivity index (χ0n) is 12.6. The van der Waals surface area contributed by atoms with Crippen molar-refractivity contribution < 1.29 is 17.6 Å². The van der Waals surface area contributed by atoms with Gasteiger partial charge in [0.2, 0.25) is 0 Å². The Morgan fingerprint density at radius 2 is 1.83 bits per heavy atom. The van der Waals surface area contributed by atoms with Crippen molar-refractivity contribution in [3.8, 4) is 0 Å².